The maximum atomic E-state index is 12.2. The largest absolute Gasteiger partial charge is 0.396 e. The van der Waals surface area contributed by atoms with Crippen molar-refractivity contribution in [1.29, 1.82) is 0 Å². The van der Waals surface area contributed by atoms with Crippen molar-refractivity contribution in [3.05, 3.63) is 35.4 Å². The van der Waals surface area contributed by atoms with Gasteiger partial charge in [-0.15, -0.1) is 0 Å². The summed E-state index contributed by atoms with van der Waals surface area (Å²) >= 11 is 0. The predicted molar refractivity (Wildman–Crippen MR) is 67.6 cm³/mol. The molecule has 0 heterocycles. The standard InChI is InChI=1S/C13H20N2O2/c1-2-15(7-4-8-16)13(17)12-6-3-5-11(9-12)10-14/h3,5-6,9,16H,2,4,7-8,10,14H2,1H3. The summed E-state index contributed by atoms with van der Waals surface area (Å²) in [5.41, 5.74) is 7.16. The SMILES string of the molecule is CCN(CCCO)C(=O)c1cccc(CN)c1. The van der Waals surface area contributed by atoms with E-state index in [1.807, 2.05) is 25.1 Å². The van der Waals surface area contributed by atoms with Crippen molar-refractivity contribution >= 4 is 5.91 Å². The van der Waals surface area contributed by atoms with E-state index in [2.05, 4.69) is 0 Å². The zero-order valence-corrected chi connectivity index (χ0v) is 10.2. The second-order valence-corrected chi connectivity index (χ2v) is 3.87. The van der Waals surface area contributed by atoms with Crippen LogP contribution in [0.5, 0.6) is 0 Å². The Morgan fingerprint density at radius 3 is 2.82 bits per heavy atom. The Balaban J connectivity index is 2.78. The summed E-state index contributed by atoms with van der Waals surface area (Å²) in [6.45, 7) is 3.70. The summed E-state index contributed by atoms with van der Waals surface area (Å²) in [7, 11) is 0. The third-order valence-electron chi connectivity index (χ3n) is 2.66. The molecule has 4 heteroatoms. The number of carbonyl (C=O) groups is 1. The molecule has 0 aromatic heterocycles. The first kappa shape index (κ1) is 13.7. The van der Waals surface area contributed by atoms with Gasteiger partial charge in [0.05, 0.1) is 0 Å². The van der Waals surface area contributed by atoms with Crippen LogP contribution < -0.4 is 5.73 Å². The van der Waals surface area contributed by atoms with Gasteiger partial charge in [-0.25, -0.2) is 0 Å². The molecule has 0 radical (unpaired) electrons. The summed E-state index contributed by atoms with van der Waals surface area (Å²) in [5.74, 6) is -0.00347. The van der Waals surface area contributed by atoms with Crippen molar-refractivity contribution in [2.45, 2.75) is 19.9 Å². The Kier molecular flexibility index (Phi) is 5.66. The molecule has 0 fully saturated rings. The molecule has 1 amide bonds. The summed E-state index contributed by atoms with van der Waals surface area (Å²) < 4.78 is 0. The van der Waals surface area contributed by atoms with Gasteiger partial charge in [-0.05, 0) is 31.0 Å². The Hall–Kier alpha value is -1.39. The van der Waals surface area contributed by atoms with Crippen LogP contribution in [0.1, 0.15) is 29.3 Å². The Morgan fingerprint density at radius 2 is 2.24 bits per heavy atom. The zero-order valence-electron chi connectivity index (χ0n) is 10.2. The highest BCUT2D eigenvalue weighted by Gasteiger charge is 2.13. The average Bonchev–Trinajstić information content (AvgIpc) is 2.39. The van der Waals surface area contributed by atoms with Crippen LogP contribution in [0, 0.1) is 0 Å². The van der Waals surface area contributed by atoms with Gasteiger partial charge >= 0.3 is 0 Å². The molecule has 1 rings (SSSR count). The highest BCUT2D eigenvalue weighted by atomic mass is 16.3. The van der Waals surface area contributed by atoms with Crippen molar-refractivity contribution < 1.29 is 9.90 Å². The molecule has 0 spiro atoms. The van der Waals surface area contributed by atoms with Crippen LogP contribution in [-0.4, -0.2) is 35.6 Å². The fraction of sp³-hybridized carbons (Fsp3) is 0.462. The van der Waals surface area contributed by atoms with E-state index in [9.17, 15) is 4.79 Å². The van der Waals surface area contributed by atoms with Gasteiger partial charge in [0, 0.05) is 31.8 Å². The summed E-state index contributed by atoms with van der Waals surface area (Å²) in [6.07, 6.45) is 0.607. The number of hydrogen-bond acceptors (Lipinski definition) is 3. The zero-order chi connectivity index (χ0) is 12.7. The molecule has 0 atom stereocenters. The van der Waals surface area contributed by atoms with Crippen LogP contribution in [0.3, 0.4) is 0 Å². The van der Waals surface area contributed by atoms with Gasteiger partial charge in [-0.2, -0.15) is 0 Å². The lowest BCUT2D eigenvalue weighted by molar-refractivity contribution is 0.0754. The van der Waals surface area contributed by atoms with Gasteiger partial charge in [0.1, 0.15) is 0 Å². The highest BCUT2D eigenvalue weighted by Crippen LogP contribution is 2.08. The Morgan fingerprint density at radius 1 is 1.47 bits per heavy atom. The number of nitrogens with zero attached hydrogens (tertiary/aromatic N) is 1. The van der Waals surface area contributed by atoms with E-state index < -0.39 is 0 Å². The van der Waals surface area contributed by atoms with Crippen LogP contribution in [0.15, 0.2) is 24.3 Å². The Bertz CT molecular complexity index is 366. The molecule has 17 heavy (non-hydrogen) atoms. The number of benzene rings is 1. The smallest absolute Gasteiger partial charge is 0.253 e. The molecule has 0 bridgehead atoms. The molecular weight excluding hydrogens is 216 g/mol. The molecule has 1 aromatic carbocycles. The third-order valence-corrected chi connectivity index (χ3v) is 2.66. The van der Waals surface area contributed by atoms with Gasteiger partial charge in [0.2, 0.25) is 0 Å². The highest BCUT2D eigenvalue weighted by molar-refractivity contribution is 5.94. The Labute approximate surface area is 102 Å². The molecular formula is C13H20N2O2. The van der Waals surface area contributed by atoms with Gasteiger partial charge < -0.3 is 15.7 Å². The van der Waals surface area contributed by atoms with Crippen LogP contribution in [0.2, 0.25) is 0 Å². The third kappa shape index (κ3) is 3.84. The summed E-state index contributed by atoms with van der Waals surface area (Å²) in [6, 6.07) is 7.36. The molecule has 0 unspecified atom stereocenters. The lowest BCUT2D eigenvalue weighted by Gasteiger charge is -2.20. The first-order valence-corrected chi connectivity index (χ1v) is 5.92. The molecule has 0 aliphatic carbocycles. The lowest BCUT2D eigenvalue weighted by atomic mass is 10.1. The normalized spacial score (nSPS) is 10.3. The van der Waals surface area contributed by atoms with Gasteiger partial charge in [-0.3, -0.25) is 4.79 Å². The quantitative estimate of drug-likeness (QED) is 0.774. The molecule has 0 saturated carbocycles. The molecule has 0 aliphatic rings. The van der Waals surface area contributed by atoms with E-state index in [1.54, 1.807) is 11.0 Å². The van der Waals surface area contributed by atoms with Crippen molar-refractivity contribution in [2.24, 2.45) is 5.73 Å². The van der Waals surface area contributed by atoms with Crippen LogP contribution >= 0.6 is 0 Å². The average molecular weight is 236 g/mol. The van der Waals surface area contributed by atoms with Crippen LogP contribution in [0.25, 0.3) is 0 Å². The van der Waals surface area contributed by atoms with E-state index in [4.69, 9.17) is 10.8 Å². The topological polar surface area (TPSA) is 66.6 Å². The number of hydrogen-bond donors (Lipinski definition) is 2. The van der Waals surface area contributed by atoms with E-state index in [-0.39, 0.29) is 12.5 Å². The number of carbonyl (C=O) groups excluding carboxylic acids is 1. The minimum atomic E-state index is -0.00347. The lowest BCUT2D eigenvalue weighted by Crippen LogP contribution is -2.32. The fourth-order valence-electron chi connectivity index (χ4n) is 1.68. The summed E-state index contributed by atoms with van der Waals surface area (Å²) in [4.78, 5) is 13.9. The molecule has 1 aromatic rings. The number of nitrogens with two attached hydrogens (primary N) is 1. The van der Waals surface area contributed by atoms with Gasteiger partial charge in [0.15, 0.2) is 0 Å². The van der Waals surface area contributed by atoms with E-state index in [1.165, 1.54) is 0 Å². The molecule has 4 nitrogen and oxygen atoms in total. The minimum absolute atomic E-state index is 0.00347. The minimum Gasteiger partial charge on any atom is -0.396 e. The fourth-order valence-corrected chi connectivity index (χ4v) is 1.68. The molecule has 0 aliphatic heterocycles. The number of aliphatic hydroxyl groups is 1. The first-order chi connectivity index (χ1) is 8.22. The monoisotopic (exact) mass is 236 g/mol. The second-order valence-electron chi connectivity index (χ2n) is 3.87. The maximum absolute atomic E-state index is 12.2. The van der Waals surface area contributed by atoms with Crippen LogP contribution in [-0.2, 0) is 6.54 Å². The molecule has 0 saturated heterocycles. The number of rotatable bonds is 6. The maximum Gasteiger partial charge on any atom is 0.253 e. The van der Waals surface area contributed by atoms with E-state index in [0.29, 0.717) is 31.6 Å². The molecule has 3 N–H and O–H groups in total. The van der Waals surface area contributed by atoms with E-state index >= 15 is 0 Å². The van der Waals surface area contributed by atoms with Gasteiger partial charge in [0.25, 0.3) is 5.91 Å². The molecule has 94 valence electrons. The summed E-state index contributed by atoms with van der Waals surface area (Å²) in [5, 5.41) is 8.79. The van der Waals surface area contributed by atoms with Crippen molar-refractivity contribution in [3.8, 4) is 0 Å². The second kappa shape index (κ2) is 7.04. The first-order valence-electron chi connectivity index (χ1n) is 5.92. The van der Waals surface area contributed by atoms with E-state index in [0.717, 1.165) is 5.56 Å². The van der Waals surface area contributed by atoms with Crippen molar-refractivity contribution in [1.82, 2.24) is 4.90 Å². The number of amides is 1. The van der Waals surface area contributed by atoms with Crippen LogP contribution in [0.4, 0.5) is 0 Å². The number of aliphatic hydroxyl groups excluding tert-OH is 1. The van der Waals surface area contributed by atoms with Crippen molar-refractivity contribution in [2.75, 3.05) is 19.7 Å². The predicted octanol–water partition coefficient (Wildman–Crippen LogP) is 0.990. The van der Waals surface area contributed by atoms with Gasteiger partial charge in [-0.1, -0.05) is 12.1 Å². The van der Waals surface area contributed by atoms with Crippen molar-refractivity contribution in [3.63, 3.8) is 0 Å².